The summed E-state index contributed by atoms with van der Waals surface area (Å²) >= 11 is 0. The molecule has 0 aliphatic heterocycles. The van der Waals surface area contributed by atoms with E-state index in [4.69, 9.17) is 5.14 Å². The Morgan fingerprint density at radius 2 is 2.25 bits per heavy atom. The van der Waals surface area contributed by atoms with Gasteiger partial charge in [-0.3, -0.25) is 9.78 Å². The minimum Gasteiger partial charge on any atom is -0.350 e. The van der Waals surface area contributed by atoms with Gasteiger partial charge in [0, 0.05) is 12.7 Å². The Morgan fingerprint density at radius 3 is 2.81 bits per heavy atom. The molecule has 1 aromatic heterocycles. The molecular weight excluding hydrogens is 230 g/mol. The highest BCUT2D eigenvalue weighted by Crippen LogP contribution is 2.02. The van der Waals surface area contributed by atoms with Crippen molar-refractivity contribution >= 4 is 15.9 Å². The minimum absolute atomic E-state index is 0.0202. The SMILES string of the molecule is Cc1cccnc1C(=O)NCCS(N)(=O)=O. The van der Waals surface area contributed by atoms with E-state index in [9.17, 15) is 13.2 Å². The van der Waals surface area contributed by atoms with E-state index in [1.807, 2.05) is 0 Å². The molecule has 1 heterocycles. The average Bonchev–Trinajstić information content (AvgIpc) is 2.16. The summed E-state index contributed by atoms with van der Waals surface area (Å²) in [5, 5.41) is 7.23. The van der Waals surface area contributed by atoms with Crippen molar-refractivity contribution < 1.29 is 13.2 Å². The number of primary sulfonamides is 1. The lowest BCUT2D eigenvalue weighted by Crippen LogP contribution is -2.32. The molecule has 88 valence electrons. The zero-order valence-electron chi connectivity index (χ0n) is 8.80. The first kappa shape index (κ1) is 12.6. The predicted molar refractivity (Wildman–Crippen MR) is 59.3 cm³/mol. The zero-order chi connectivity index (χ0) is 12.2. The second kappa shape index (κ2) is 5.04. The molecule has 0 aliphatic rings. The van der Waals surface area contributed by atoms with Crippen LogP contribution in [0, 0.1) is 6.92 Å². The first-order valence-corrected chi connectivity index (χ1v) is 6.32. The standard InChI is InChI=1S/C9H13N3O3S/c1-7-3-2-4-11-8(7)9(13)12-5-6-16(10,14)15/h2-4H,5-6H2,1H3,(H,12,13)(H2,10,14,15). The van der Waals surface area contributed by atoms with E-state index >= 15 is 0 Å². The molecule has 0 atom stereocenters. The summed E-state index contributed by atoms with van der Waals surface area (Å²) in [6, 6.07) is 3.47. The average molecular weight is 243 g/mol. The molecule has 6 nitrogen and oxygen atoms in total. The third-order valence-electron chi connectivity index (χ3n) is 1.90. The van der Waals surface area contributed by atoms with Gasteiger partial charge in [-0.1, -0.05) is 6.07 Å². The third-order valence-corrected chi connectivity index (χ3v) is 2.67. The lowest BCUT2D eigenvalue weighted by Gasteiger charge is -2.05. The van der Waals surface area contributed by atoms with E-state index in [2.05, 4.69) is 10.3 Å². The molecule has 0 aromatic carbocycles. The number of sulfonamides is 1. The fourth-order valence-electron chi connectivity index (χ4n) is 1.11. The van der Waals surface area contributed by atoms with E-state index in [0.29, 0.717) is 0 Å². The van der Waals surface area contributed by atoms with Crippen LogP contribution in [-0.4, -0.2) is 31.6 Å². The molecule has 3 N–H and O–H groups in total. The molecule has 0 bridgehead atoms. The van der Waals surface area contributed by atoms with Crippen molar-refractivity contribution in [2.45, 2.75) is 6.92 Å². The number of amides is 1. The summed E-state index contributed by atoms with van der Waals surface area (Å²) in [4.78, 5) is 15.4. The summed E-state index contributed by atoms with van der Waals surface area (Å²) in [5.41, 5.74) is 1.02. The fourth-order valence-corrected chi connectivity index (χ4v) is 1.50. The molecule has 1 rings (SSSR count). The van der Waals surface area contributed by atoms with Crippen LogP contribution in [0.2, 0.25) is 0 Å². The van der Waals surface area contributed by atoms with Crippen molar-refractivity contribution in [3.05, 3.63) is 29.6 Å². The highest BCUT2D eigenvalue weighted by Gasteiger charge is 2.10. The monoisotopic (exact) mass is 243 g/mol. The van der Waals surface area contributed by atoms with E-state index in [0.717, 1.165) is 5.56 Å². The van der Waals surface area contributed by atoms with Gasteiger partial charge < -0.3 is 5.32 Å². The molecule has 1 aromatic rings. The maximum atomic E-state index is 11.5. The van der Waals surface area contributed by atoms with Crippen molar-refractivity contribution in [3.63, 3.8) is 0 Å². The van der Waals surface area contributed by atoms with Gasteiger partial charge >= 0.3 is 0 Å². The number of nitrogens with zero attached hydrogens (tertiary/aromatic N) is 1. The van der Waals surface area contributed by atoms with Gasteiger partial charge in [0.25, 0.3) is 5.91 Å². The Bertz CT molecular complexity index is 485. The molecule has 1 amide bonds. The van der Waals surface area contributed by atoms with Crippen molar-refractivity contribution in [3.8, 4) is 0 Å². The van der Waals surface area contributed by atoms with Gasteiger partial charge in [-0.25, -0.2) is 13.6 Å². The van der Waals surface area contributed by atoms with Crippen molar-refractivity contribution in [1.82, 2.24) is 10.3 Å². The number of hydrogen-bond acceptors (Lipinski definition) is 4. The largest absolute Gasteiger partial charge is 0.350 e. The Labute approximate surface area is 93.9 Å². The van der Waals surface area contributed by atoms with E-state index in [-0.39, 0.29) is 18.0 Å². The second-order valence-electron chi connectivity index (χ2n) is 3.29. The number of nitrogens with two attached hydrogens (primary N) is 1. The van der Waals surface area contributed by atoms with Crippen LogP contribution in [0.1, 0.15) is 16.1 Å². The number of carbonyl (C=O) groups excluding carboxylic acids is 1. The van der Waals surface area contributed by atoms with Crippen LogP contribution in [0.3, 0.4) is 0 Å². The Kier molecular flexibility index (Phi) is 3.97. The van der Waals surface area contributed by atoms with Crippen LogP contribution >= 0.6 is 0 Å². The molecular formula is C9H13N3O3S. The van der Waals surface area contributed by atoms with E-state index < -0.39 is 15.9 Å². The first-order valence-electron chi connectivity index (χ1n) is 4.60. The molecule has 0 saturated heterocycles. The highest BCUT2D eigenvalue weighted by atomic mass is 32.2. The van der Waals surface area contributed by atoms with Crippen LogP contribution in [0.4, 0.5) is 0 Å². The Hall–Kier alpha value is -1.47. The number of carbonyl (C=O) groups is 1. The third kappa shape index (κ3) is 3.95. The van der Waals surface area contributed by atoms with Crippen LogP contribution in [-0.2, 0) is 10.0 Å². The highest BCUT2D eigenvalue weighted by molar-refractivity contribution is 7.89. The second-order valence-corrected chi connectivity index (χ2v) is 5.03. The van der Waals surface area contributed by atoms with Crippen LogP contribution in [0.15, 0.2) is 18.3 Å². The van der Waals surface area contributed by atoms with Crippen LogP contribution in [0.5, 0.6) is 0 Å². The number of rotatable bonds is 4. The minimum atomic E-state index is -3.55. The number of aryl methyl sites for hydroxylation is 1. The maximum Gasteiger partial charge on any atom is 0.270 e. The lowest BCUT2D eigenvalue weighted by atomic mass is 10.2. The molecule has 0 radical (unpaired) electrons. The molecule has 0 fully saturated rings. The molecule has 0 saturated carbocycles. The lowest BCUT2D eigenvalue weighted by molar-refractivity contribution is 0.0950. The van der Waals surface area contributed by atoms with Gasteiger partial charge in [0.15, 0.2) is 0 Å². The maximum absolute atomic E-state index is 11.5. The van der Waals surface area contributed by atoms with Gasteiger partial charge in [-0.05, 0) is 18.6 Å². The number of nitrogens with one attached hydrogen (secondary N) is 1. The quantitative estimate of drug-likeness (QED) is 0.737. The van der Waals surface area contributed by atoms with Gasteiger partial charge in [-0.15, -0.1) is 0 Å². The smallest absolute Gasteiger partial charge is 0.270 e. The molecule has 0 spiro atoms. The Balaban J connectivity index is 2.57. The van der Waals surface area contributed by atoms with Crippen LogP contribution in [0.25, 0.3) is 0 Å². The van der Waals surface area contributed by atoms with Gasteiger partial charge in [0.1, 0.15) is 5.69 Å². The molecule has 7 heteroatoms. The van der Waals surface area contributed by atoms with E-state index in [1.165, 1.54) is 6.20 Å². The summed E-state index contributed by atoms with van der Waals surface area (Å²) in [6.07, 6.45) is 1.50. The van der Waals surface area contributed by atoms with Gasteiger partial charge in [0.2, 0.25) is 10.0 Å². The van der Waals surface area contributed by atoms with E-state index in [1.54, 1.807) is 19.1 Å². The van der Waals surface area contributed by atoms with Gasteiger partial charge in [-0.2, -0.15) is 0 Å². The topological polar surface area (TPSA) is 102 Å². The normalized spacial score (nSPS) is 11.1. The summed E-state index contributed by atoms with van der Waals surface area (Å²) in [7, 11) is -3.55. The number of hydrogen-bond donors (Lipinski definition) is 2. The number of aromatic nitrogens is 1. The van der Waals surface area contributed by atoms with Crippen molar-refractivity contribution in [2.75, 3.05) is 12.3 Å². The van der Waals surface area contributed by atoms with Crippen molar-refractivity contribution in [2.24, 2.45) is 5.14 Å². The predicted octanol–water partition coefficient (Wildman–Crippen LogP) is -0.592. The zero-order valence-corrected chi connectivity index (χ0v) is 9.62. The fraction of sp³-hybridized carbons (Fsp3) is 0.333. The van der Waals surface area contributed by atoms with Crippen molar-refractivity contribution in [1.29, 1.82) is 0 Å². The summed E-state index contributed by atoms with van der Waals surface area (Å²) < 4.78 is 21.3. The molecule has 0 unspecified atom stereocenters. The summed E-state index contributed by atoms with van der Waals surface area (Å²) in [6.45, 7) is 1.73. The molecule has 16 heavy (non-hydrogen) atoms. The summed E-state index contributed by atoms with van der Waals surface area (Å²) in [5.74, 6) is -0.688. The Morgan fingerprint density at radius 1 is 1.56 bits per heavy atom. The first-order chi connectivity index (χ1) is 7.40. The van der Waals surface area contributed by atoms with Crippen LogP contribution < -0.4 is 10.5 Å². The number of pyridine rings is 1. The molecule has 0 aliphatic carbocycles. The van der Waals surface area contributed by atoms with Gasteiger partial charge in [0.05, 0.1) is 5.75 Å².